The molecule has 3 heterocycles. The predicted molar refractivity (Wildman–Crippen MR) is 177 cm³/mol. The van der Waals surface area contributed by atoms with Gasteiger partial charge in [0.25, 0.3) is 5.91 Å². The normalized spacial score (nSPS) is 13.7. The van der Waals surface area contributed by atoms with Gasteiger partial charge in [-0.3, -0.25) is 33.4 Å². The number of nitrogens with one attached hydrogen (secondary N) is 2. The van der Waals surface area contributed by atoms with Crippen molar-refractivity contribution >= 4 is 57.4 Å². The maximum Gasteiger partial charge on any atom is 0.325 e. The molecular formula is C34H38FN7O8. The zero-order valence-electron chi connectivity index (χ0n) is 27.9. The second-order valence-corrected chi connectivity index (χ2v) is 13.0. The first-order chi connectivity index (χ1) is 23.7. The summed E-state index contributed by atoms with van der Waals surface area (Å²) < 4.78 is 23.4. The van der Waals surface area contributed by atoms with Crippen molar-refractivity contribution in [2.75, 3.05) is 26.2 Å². The highest BCUT2D eigenvalue weighted by molar-refractivity contribution is 5.99. The number of halogens is 1. The number of likely N-dealkylation sites (tertiary alicyclic amines) is 1. The summed E-state index contributed by atoms with van der Waals surface area (Å²) in [5, 5.41) is 23.3. The number of aliphatic carboxylic acids is 1. The zero-order valence-corrected chi connectivity index (χ0v) is 27.9. The number of esters is 1. The van der Waals surface area contributed by atoms with Gasteiger partial charge in [-0.2, -0.15) is 14.9 Å². The topological polar surface area (TPSA) is 195 Å². The maximum absolute atomic E-state index is 15.6. The van der Waals surface area contributed by atoms with Crippen LogP contribution in [-0.4, -0.2) is 96.9 Å². The van der Waals surface area contributed by atoms with Crippen molar-refractivity contribution in [2.24, 2.45) is 5.92 Å². The third-order valence-electron chi connectivity index (χ3n) is 8.18. The Morgan fingerprint density at radius 3 is 2.34 bits per heavy atom. The number of carbonyl (C=O) groups is 6. The monoisotopic (exact) mass is 691 g/mol. The first kappa shape index (κ1) is 35.6. The van der Waals surface area contributed by atoms with Crippen molar-refractivity contribution < 1.29 is 43.0 Å². The first-order valence-electron chi connectivity index (χ1n) is 16.1. The van der Waals surface area contributed by atoms with Gasteiger partial charge in [0.15, 0.2) is 0 Å². The lowest BCUT2D eigenvalue weighted by Gasteiger charge is -2.31. The summed E-state index contributed by atoms with van der Waals surface area (Å²) in [4.78, 5) is 74.9. The number of nitrogens with zero attached hydrogens (tertiary/aromatic N) is 5. The van der Waals surface area contributed by atoms with Gasteiger partial charge in [-0.1, -0.05) is 12.1 Å². The van der Waals surface area contributed by atoms with Crippen LogP contribution in [0.5, 0.6) is 0 Å². The maximum atomic E-state index is 15.6. The number of fused-ring (bicyclic) bond motifs is 2. The molecule has 1 aliphatic rings. The van der Waals surface area contributed by atoms with E-state index in [-0.39, 0.29) is 49.9 Å². The number of carboxylic acid groups (broad SMARTS) is 1. The fourth-order valence-corrected chi connectivity index (χ4v) is 5.79. The zero-order chi connectivity index (χ0) is 36.2. The molecule has 3 amide bonds. The van der Waals surface area contributed by atoms with Crippen LogP contribution in [0.2, 0.25) is 0 Å². The Kier molecular flexibility index (Phi) is 10.6. The van der Waals surface area contributed by atoms with E-state index in [0.717, 1.165) is 0 Å². The highest BCUT2D eigenvalue weighted by Gasteiger charge is 2.30. The Balaban J connectivity index is 1.26. The van der Waals surface area contributed by atoms with E-state index in [1.54, 1.807) is 49.9 Å². The molecule has 50 heavy (non-hydrogen) atoms. The van der Waals surface area contributed by atoms with Crippen LogP contribution in [0.4, 0.5) is 4.39 Å². The van der Waals surface area contributed by atoms with Crippen LogP contribution in [0.15, 0.2) is 42.7 Å². The summed E-state index contributed by atoms with van der Waals surface area (Å²) in [6.07, 6.45) is 3.34. The van der Waals surface area contributed by atoms with Crippen LogP contribution < -0.4 is 10.6 Å². The van der Waals surface area contributed by atoms with Gasteiger partial charge < -0.3 is 25.4 Å². The van der Waals surface area contributed by atoms with E-state index in [9.17, 15) is 28.8 Å². The highest BCUT2D eigenvalue weighted by Crippen LogP contribution is 2.34. The number of rotatable bonds is 11. The molecule has 1 saturated heterocycles. The number of carbonyl (C=O) groups excluding carboxylic acids is 5. The quantitative estimate of drug-likeness (QED) is 0.197. The molecule has 5 rings (SSSR count). The van der Waals surface area contributed by atoms with E-state index in [4.69, 9.17) is 9.84 Å². The smallest absolute Gasteiger partial charge is 0.325 e. The number of ether oxygens (including phenoxy) is 1. The molecule has 0 saturated carbocycles. The number of carboxylic acids is 1. The number of piperidine rings is 1. The third kappa shape index (κ3) is 8.48. The molecule has 0 spiro atoms. The van der Waals surface area contributed by atoms with E-state index >= 15 is 4.39 Å². The first-order valence-corrected chi connectivity index (χ1v) is 16.1. The van der Waals surface area contributed by atoms with Gasteiger partial charge in [0.2, 0.25) is 17.7 Å². The van der Waals surface area contributed by atoms with Crippen LogP contribution in [-0.2, 0) is 35.3 Å². The van der Waals surface area contributed by atoms with Gasteiger partial charge in [0.1, 0.15) is 24.5 Å². The number of benzene rings is 2. The van der Waals surface area contributed by atoms with Gasteiger partial charge in [-0.05, 0) is 57.4 Å². The summed E-state index contributed by atoms with van der Waals surface area (Å²) in [5.74, 6) is -4.27. The summed E-state index contributed by atoms with van der Waals surface area (Å²) in [6, 6.07) is 7.96. The second kappa shape index (κ2) is 14.8. The molecular weight excluding hydrogens is 653 g/mol. The third-order valence-corrected chi connectivity index (χ3v) is 8.18. The predicted octanol–water partition coefficient (Wildman–Crippen LogP) is 2.51. The lowest BCUT2D eigenvalue weighted by Crippen LogP contribution is -2.41. The molecule has 0 radical (unpaired) electrons. The molecule has 3 N–H and O–H groups in total. The number of hydrogen-bond acceptors (Lipinski definition) is 9. The molecule has 264 valence electrons. The summed E-state index contributed by atoms with van der Waals surface area (Å²) in [7, 11) is 0. The van der Waals surface area contributed by atoms with Crippen LogP contribution in [0.3, 0.4) is 0 Å². The highest BCUT2D eigenvalue weighted by atomic mass is 19.1. The minimum absolute atomic E-state index is 0.0949. The fourth-order valence-electron chi connectivity index (χ4n) is 5.79. The number of amides is 3. The Bertz CT molecular complexity index is 1970. The molecule has 16 heteroatoms. The molecule has 15 nitrogen and oxygen atoms in total. The van der Waals surface area contributed by atoms with E-state index in [1.165, 1.54) is 27.8 Å². The molecule has 0 atom stereocenters. The van der Waals surface area contributed by atoms with Crippen molar-refractivity contribution in [1.82, 2.24) is 35.1 Å². The van der Waals surface area contributed by atoms with Crippen LogP contribution >= 0.6 is 0 Å². The van der Waals surface area contributed by atoms with Gasteiger partial charge in [-0.25, -0.2) is 4.39 Å². The Hall–Kier alpha value is -5.67. The second-order valence-electron chi connectivity index (χ2n) is 13.0. The van der Waals surface area contributed by atoms with Crippen molar-refractivity contribution in [1.29, 1.82) is 0 Å². The van der Waals surface area contributed by atoms with Gasteiger partial charge in [-0.15, -0.1) is 0 Å². The van der Waals surface area contributed by atoms with Crippen molar-refractivity contribution in [3.8, 4) is 11.1 Å². The number of hydrogen-bond donors (Lipinski definition) is 3. The van der Waals surface area contributed by atoms with Gasteiger partial charge in [0, 0.05) is 41.8 Å². The molecule has 0 bridgehead atoms. The Morgan fingerprint density at radius 2 is 1.64 bits per heavy atom. The van der Waals surface area contributed by atoms with E-state index in [1.807, 2.05) is 0 Å². The minimum Gasteiger partial charge on any atom is -0.481 e. The SMILES string of the molecule is CC(C)(C)OC(=O)CNC(=O)CNC(=O)Cn1ncc2c(-c3cc4c(cnn4C(=O)C4CCN(C(=O)CCC(=O)O)CC4)cc3F)cccc21. The molecule has 2 aromatic carbocycles. The molecule has 0 unspecified atom stereocenters. The lowest BCUT2D eigenvalue weighted by molar-refractivity contribution is -0.154. The van der Waals surface area contributed by atoms with E-state index in [2.05, 4.69) is 20.8 Å². The van der Waals surface area contributed by atoms with E-state index < -0.39 is 41.1 Å². The average molecular weight is 692 g/mol. The molecule has 2 aromatic heterocycles. The summed E-state index contributed by atoms with van der Waals surface area (Å²) >= 11 is 0. The minimum atomic E-state index is -1.05. The van der Waals surface area contributed by atoms with Crippen molar-refractivity contribution in [2.45, 2.75) is 58.6 Å². The van der Waals surface area contributed by atoms with Crippen LogP contribution in [0.25, 0.3) is 32.9 Å². The van der Waals surface area contributed by atoms with Gasteiger partial charge >= 0.3 is 11.9 Å². The molecule has 4 aromatic rings. The Labute approximate surface area is 285 Å². The lowest BCUT2D eigenvalue weighted by atomic mass is 9.95. The van der Waals surface area contributed by atoms with Crippen molar-refractivity contribution in [3.05, 3.63) is 48.5 Å². The average Bonchev–Trinajstić information content (AvgIpc) is 3.67. The fraction of sp³-hybridized carbons (Fsp3) is 0.412. The Morgan fingerprint density at radius 1 is 0.920 bits per heavy atom. The molecule has 1 fully saturated rings. The van der Waals surface area contributed by atoms with Gasteiger partial charge in [0.05, 0.1) is 36.4 Å². The summed E-state index contributed by atoms with van der Waals surface area (Å²) in [5.41, 5.74) is 0.908. The van der Waals surface area contributed by atoms with Crippen LogP contribution in [0.1, 0.15) is 51.2 Å². The summed E-state index contributed by atoms with van der Waals surface area (Å²) in [6.45, 7) is 4.81. The van der Waals surface area contributed by atoms with Crippen LogP contribution in [0, 0.1) is 11.7 Å². The molecule has 1 aliphatic heterocycles. The van der Waals surface area contributed by atoms with E-state index in [0.29, 0.717) is 53.3 Å². The standard InChI is InChI=1S/C34H38FN7O8/c1-34(2,3)50-32(48)18-37-28(43)17-36-29(44)19-41-26-6-4-5-22(24(26)16-38-41)23-14-27-21(13-25(23)35)15-39-42(27)33(49)20-9-11-40(12-10-20)30(45)7-8-31(46)47/h4-6,13-16,20H,7-12,17-19H2,1-3H3,(H,36,44)(H,37,43)(H,46,47). The largest absolute Gasteiger partial charge is 0.481 e. The molecule has 0 aliphatic carbocycles. The number of aromatic nitrogens is 4. The van der Waals surface area contributed by atoms with Crippen molar-refractivity contribution in [3.63, 3.8) is 0 Å².